The van der Waals surface area contributed by atoms with Crippen molar-refractivity contribution in [1.29, 1.82) is 0 Å². The van der Waals surface area contributed by atoms with Crippen molar-refractivity contribution >= 4 is 15.5 Å². The van der Waals surface area contributed by atoms with Gasteiger partial charge in [-0.3, -0.25) is 4.90 Å². The lowest BCUT2D eigenvalue weighted by Crippen LogP contribution is -2.46. The van der Waals surface area contributed by atoms with E-state index in [0.29, 0.717) is 5.75 Å². The van der Waals surface area contributed by atoms with Gasteiger partial charge in [-0.2, -0.15) is 0 Å². The van der Waals surface area contributed by atoms with E-state index < -0.39 is 9.84 Å². The lowest BCUT2D eigenvalue weighted by atomic mass is 10.2. The molecule has 6 heteroatoms. The molecule has 0 aliphatic carbocycles. The smallest absolute Gasteiger partial charge is 0.179 e. The molecule has 0 N–H and O–H groups in total. The highest BCUT2D eigenvalue weighted by Crippen LogP contribution is 2.29. The zero-order valence-corrected chi connectivity index (χ0v) is 14.5. The molecular formula is C16H26N2O3S. The molecule has 124 valence electrons. The average Bonchev–Trinajstić information content (AvgIpc) is 2.52. The summed E-state index contributed by atoms with van der Waals surface area (Å²) in [6, 6.07) is 5.42. The minimum atomic E-state index is -3.29. The van der Waals surface area contributed by atoms with E-state index in [9.17, 15) is 8.42 Å². The first-order valence-electron chi connectivity index (χ1n) is 7.81. The third-order valence-corrected chi connectivity index (χ3v) is 5.23. The number of benzene rings is 1. The SMILES string of the molecule is CCCCN1CCN(c2ccc(OC)c(S(C)(=O)=O)c2)CC1. The number of sulfone groups is 1. The normalized spacial score (nSPS) is 16.8. The third-order valence-electron chi connectivity index (χ3n) is 4.11. The molecule has 0 bridgehead atoms. The van der Waals surface area contributed by atoms with Crippen LogP contribution in [0, 0.1) is 0 Å². The third kappa shape index (κ3) is 4.14. The molecule has 0 saturated carbocycles. The average molecular weight is 326 g/mol. The van der Waals surface area contributed by atoms with Gasteiger partial charge in [0.05, 0.1) is 7.11 Å². The number of ether oxygens (including phenoxy) is 1. The molecule has 0 unspecified atom stereocenters. The van der Waals surface area contributed by atoms with E-state index in [1.807, 2.05) is 6.07 Å². The van der Waals surface area contributed by atoms with Gasteiger partial charge in [0.15, 0.2) is 9.84 Å². The number of rotatable bonds is 6. The zero-order chi connectivity index (χ0) is 16.2. The Hall–Kier alpha value is -1.27. The highest BCUT2D eigenvalue weighted by atomic mass is 32.2. The molecule has 0 amide bonds. The lowest BCUT2D eigenvalue weighted by molar-refractivity contribution is 0.254. The summed E-state index contributed by atoms with van der Waals surface area (Å²) in [7, 11) is -1.80. The van der Waals surface area contributed by atoms with E-state index in [2.05, 4.69) is 16.7 Å². The molecule has 0 atom stereocenters. The second-order valence-electron chi connectivity index (χ2n) is 5.79. The van der Waals surface area contributed by atoms with Gasteiger partial charge in [-0.15, -0.1) is 0 Å². The molecule has 2 rings (SSSR count). The van der Waals surface area contributed by atoms with Crippen molar-refractivity contribution in [2.45, 2.75) is 24.7 Å². The van der Waals surface area contributed by atoms with Crippen molar-refractivity contribution in [3.63, 3.8) is 0 Å². The van der Waals surface area contributed by atoms with Crippen molar-refractivity contribution in [3.05, 3.63) is 18.2 Å². The summed E-state index contributed by atoms with van der Waals surface area (Å²) in [6.45, 7) is 7.28. The van der Waals surface area contributed by atoms with Crippen molar-refractivity contribution in [2.24, 2.45) is 0 Å². The van der Waals surface area contributed by atoms with Gasteiger partial charge in [-0.1, -0.05) is 13.3 Å². The van der Waals surface area contributed by atoms with Crippen LogP contribution in [0.1, 0.15) is 19.8 Å². The van der Waals surface area contributed by atoms with Gasteiger partial charge in [-0.05, 0) is 31.2 Å². The predicted molar refractivity (Wildman–Crippen MR) is 89.7 cm³/mol. The van der Waals surface area contributed by atoms with Crippen LogP contribution in [0.2, 0.25) is 0 Å². The fourth-order valence-corrected chi connectivity index (χ4v) is 3.61. The van der Waals surface area contributed by atoms with Gasteiger partial charge in [0.2, 0.25) is 0 Å². The van der Waals surface area contributed by atoms with E-state index in [1.165, 1.54) is 26.2 Å². The molecule has 22 heavy (non-hydrogen) atoms. The quantitative estimate of drug-likeness (QED) is 0.800. The fraction of sp³-hybridized carbons (Fsp3) is 0.625. The largest absolute Gasteiger partial charge is 0.495 e. The van der Waals surface area contributed by atoms with Crippen LogP contribution in [0.4, 0.5) is 5.69 Å². The molecule has 1 heterocycles. The van der Waals surface area contributed by atoms with Gasteiger partial charge in [-0.25, -0.2) is 8.42 Å². The number of unbranched alkanes of at least 4 members (excludes halogenated alkanes) is 1. The Bertz CT molecular complexity index is 593. The van der Waals surface area contributed by atoms with Gasteiger partial charge < -0.3 is 9.64 Å². The maximum atomic E-state index is 11.9. The summed E-state index contributed by atoms with van der Waals surface area (Å²) < 4.78 is 29.0. The molecular weight excluding hydrogens is 300 g/mol. The number of nitrogens with zero attached hydrogens (tertiary/aromatic N) is 2. The molecule has 5 nitrogen and oxygen atoms in total. The van der Waals surface area contributed by atoms with E-state index >= 15 is 0 Å². The number of piperazine rings is 1. The summed E-state index contributed by atoms with van der Waals surface area (Å²) in [5.41, 5.74) is 0.955. The first-order chi connectivity index (χ1) is 10.5. The molecule has 1 aromatic rings. The van der Waals surface area contributed by atoms with Gasteiger partial charge in [0.25, 0.3) is 0 Å². The predicted octanol–water partition coefficient (Wildman–Crippen LogP) is 2.02. The van der Waals surface area contributed by atoms with E-state index in [0.717, 1.165) is 38.4 Å². The standard InChI is InChI=1S/C16H26N2O3S/c1-4-5-8-17-9-11-18(12-10-17)14-6-7-15(21-2)16(13-14)22(3,19)20/h6-7,13H,4-5,8-12H2,1-3H3. The second-order valence-corrected chi connectivity index (χ2v) is 7.77. The Kier molecular flexibility index (Phi) is 5.69. The summed E-state index contributed by atoms with van der Waals surface area (Å²) in [4.78, 5) is 4.98. The van der Waals surface area contributed by atoms with Crippen LogP contribution in [0.3, 0.4) is 0 Å². The number of methoxy groups -OCH3 is 1. The van der Waals surface area contributed by atoms with Crippen LogP contribution in [-0.2, 0) is 9.84 Å². The lowest BCUT2D eigenvalue weighted by Gasteiger charge is -2.36. The number of hydrogen-bond acceptors (Lipinski definition) is 5. The first-order valence-corrected chi connectivity index (χ1v) is 9.70. The highest BCUT2D eigenvalue weighted by molar-refractivity contribution is 7.90. The van der Waals surface area contributed by atoms with E-state index in [1.54, 1.807) is 12.1 Å². The molecule has 1 fully saturated rings. The Morgan fingerprint density at radius 1 is 1.18 bits per heavy atom. The Labute approximate surface area is 133 Å². The van der Waals surface area contributed by atoms with Gasteiger partial charge >= 0.3 is 0 Å². The summed E-state index contributed by atoms with van der Waals surface area (Å²) in [5, 5.41) is 0. The monoisotopic (exact) mass is 326 g/mol. The maximum Gasteiger partial charge on any atom is 0.179 e. The van der Waals surface area contributed by atoms with Gasteiger partial charge in [0.1, 0.15) is 10.6 Å². The van der Waals surface area contributed by atoms with Crippen LogP contribution in [0.25, 0.3) is 0 Å². The highest BCUT2D eigenvalue weighted by Gasteiger charge is 2.20. The maximum absolute atomic E-state index is 11.9. The van der Waals surface area contributed by atoms with E-state index in [-0.39, 0.29) is 4.90 Å². The van der Waals surface area contributed by atoms with Crippen molar-refractivity contribution in [1.82, 2.24) is 4.90 Å². The summed E-state index contributed by atoms with van der Waals surface area (Å²) in [6.07, 6.45) is 3.68. The van der Waals surface area contributed by atoms with Crippen LogP contribution in [0.15, 0.2) is 23.1 Å². The molecule has 0 radical (unpaired) electrons. The van der Waals surface area contributed by atoms with Crippen LogP contribution in [0.5, 0.6) is 5.75 Å². The van der Waals surface area contributed by atoms with Gasteiger partial charge in [0, 0.05) is 38.1 Å². The second kappa shape index (κ2) is 7.33. The molecule has 1 aliphatic heterocycles. The number of hydrogen-bond donors (Lipinski definition) is 0. The Balaban J connectivity index is 2.11. The fourth-order valence-electron chi connectivity index (χ4n) is 2.76. The van der Waals surface area contributed by atoms with Crippen LogP contribution in [-0.4, -0.2) is 59.4 Å². The summed E-state index contributed by atoms with van der Waals surface area (Å²) >= 11 is 0. The first kappa shape index (κ1) is 17.1. The zero-order valence-electron chi connectivity index (χ0n) is 13.7. The number of anilines is 1. The van der Waals surface area contributed by atoms with E-state index in [4.69, 9.17) is 4.74 Å². The topological polar surface area (TPSA) is 49.9 Å². The Morgan fingerprint density at radius 2 is 1.86 bits per heavy atom. The molecule has 1 aromatic carbocycles. The molecule has 0 spiro atoms. The van der Waals surface area contributed by atoms with Crippen molar-refractivity contribution in [2.75, 3.05) is 51.0 Å². The Morgan fingerprint density at radius 3 is 2.41 bits per heavy atom. The summed E-state index contributed by atoms with van der Waals surface area (Å²) in [5.74, 6) is 0.410. The minimum Gasteiger partial charge on any atom is -0.495 e. The van der Waals surface area contributed by atoms with Crippen molar-refractivity contribution < 1.29 is 13.2 Å². The molecule has 0 aromatic heterocycles. The van der Waals surface area contributed by atoms with Crippen molar-refractivity contribution in [3.8, 4) is 5.75 Å². The van der Waals surface area contributed by atoms with Crippen LogP contribution < -0.4 is 9.64 Å². The molecule has 1 saturated heterocycles. The molecule has 1 aliphatic rings. The minimum absolute atomic E-state index is 0.265. The van der Waals surface area contributed by atoms with Crippen LogP contribution >= 0.6 is 0 Å².